The molecule has 0 radical (unpaired) electrons. The predicted octanol–water partition coefficient (Wildman–Crippen LogP) is -2.65. The van der Waals surface area contributed by atoms with Crippen LogP contribution in [0.2, 0.25) is 0 Å². The van der Waals surface area contributed by atoms with E-state index in [4.69, 9.17) is 0 Å². The monoisotopic (exact) mass is 386 g/mol. The summed E-state index contributed by atoms with van der Waals surface area (Å²) in [6, 6.07) is 16.4. The van der Waals surface area contributed by atoms with Crippen LogP contribution in [-0.4, -0.2) is 48.9 Å². The summed E-state index contributed by atoms with van der Waals surface area (Å²) in [7, 11) is 4.01. The van der Waals surface area contributed by atoms with Crippen LogP contribution < -0.4 is 17.3 Å². The highest BCUT2D eigenvalue weighted by molar-refractivity contribution is 6.14. The number of ketones is 1. The van der Waals surface area contributed by atoms with Crippen LogP contribution in [0.25, 0.3) is 0 Å². The second-order valence-corrected chi connectivity index (χ2v) is 7.50. The van der Waals surface area contributed by atoms with E-state index in [9.17, 15) is 14.7 Å². The van der Waals surface area contributed by atoms with Crippen molar-refractivity contribution in [2.45, 2.75) is 17.6 Å². The number of rotatable bonds is 4. The van der Waals surface area contributed by atoms with Crippen molar-refractivity contribution < 1.29 is 32.0 Å². The standard InChI is InChI=1S/C21H22N2O3.ClH/c1-22(2)12-13-23-18(24)14-20(15-8-4-3-5-9-15)19(25)16-10-6-7-11-17(16)21(20,23)26;/h3-11,26H,12-14H2,1-2H3;1H. The minimum atomic E-state index is -1.64. The molecule has 2 atom stereocenters. The summed E-state index contributed by atoms with van der Waals surface area (Å²) in [6.07, 6.45) is -0.0101. The average Bonchev–Trinajstić information content (AvgIpc) is 2.98. The Labute approximate surface area is 165 Å². The van der Waals surface area contributed by atoms with Gasteiger partial charge in [-0.15, -0.1) is 0 Å². The largest absolute Gasteiger partial charge is 1.00 e. The van der Waals surface area contributed by atoms with Crippen LogP contribution in [0.5, 0.6) is 0 Å². The molecule has 1 fully saturated rings. The van der Waals surface area contributed by atoms with Gasteiger partial charge in [0.1, 0.15) is 5.41 Å². The Balaban J connectivity index is 0.00000210. The Morgan fingerprint density at radius 3 is 2.33 bits per heavy atom. The Bertz CT molecular complexity index is 886. The third-order valence-electron chi connectivity index (χ3n) is 5.74. The van der Waals surface area contributed by atoms with Crippen molar-refractivity contribution in [3.8, 4) is 0 Å². The fourth-order valence-corrected chi connectivity index (χ4v) is 4.46. The number of nitrogens with one attached hydrogen (secondary N) is 1. The number of likely N-dealkylation sites (tertiary alicyclic amines) is 1. The van der Waals surface area contributed by atoms with Crippen molar-refractivity contribution in [1.82, 2.24) is 4.90 Å². The van der Waals surface area contributed by atoms with E-state index in [0.29, 0.717) is 29.8 Å². The van der Waals surface area contributed by atoms with E-state index in [0.717, 1.165) is 0 Å². The second kappa shape index (κ2) is 6.75. The smallest absolute Gasteiger partial charge is 0.226 e. The van der Waals surface area contributed by atoms with Crippen molar-refractivity contribution in [3.63, 3.8) is 0 Å². The summed E-state index contributed by atoms with van der Waals surface area (Å²) >= 11 is 0. The molecule has 1 aliphatic heterocycles. The van der Waals surface area contributed by atoms with E-state index in [2.05, 4.69) is 0 Å². The van der Waals surface area contributed by atoms with E-state index < -0.39 is 11.1 Å². The molecular formula is C21H23ClN2O3. The van der Waals surface area contributed by atoms with Gasteiger partial charge in [-0.2, -0.15) is 0 Å². The molecule has 1 aliphatic carbocycles. The molecule has 0 spiro atoms. The topological polar surface area (TPSA) is 62.0 Å². The number of carbonyl (C=O) groups is 2. The number of amides is 1. The van der Waals surface area contributed by atoms with E-state index in [-0.39, 0.29) is 30.5 Å². The zero-order valence-corrected chi connectivity index (χ0v) is 16.2. The molecule has 6 heteroatoms. The average molecular weight is 387 g/mol. The van der Waals surface area contributed by atoms with Crippen LogP contribution >= 0.6 is 0 Å². The summed E-state index contributed by atoms with van der Waals surface area (Å²) < 4.78 is 0. The minimum absolute atomic E-state index is 0. The SMILES string of the molecule is C[NH+](C)CCN1C(=O)CC2(c3ccccc3)C(=O)c3ccccc3C12O.[Cl-]. The van der Waals surface area contributed by atoms with Crippen LogP contribution in [0.15, 0.2) is 54.6 Å². The first kappa shape index (κ1) is 19.5. The molecule has 1 saturated heterocycles. The van der Waals surface area contributed by atoms with Crippen LogP contribution in [0, 0.1) is 0 Å². The molecule has 0 aromatic heterocycles. The number of quaternary nitrogens is 1. The number of hydrogen-bond donors (Lipinski definition) is 2. The van der Waals surface area contributed by atoms with Gasteiger partial charge in [-0.1, -0.05) is 54.6 Å². The lowest BCUT2D eigenvalue weighted by Crippen LogP contribution is -3.06. The zero-order valence-electron chi connectivity index (χ0n) is 15.4. The highest BCUT2D eigenvalue weighted by atomic mass is 35.5. The molecule has 27 heavy (non-hydrogen) atoms. The molecule has 2 aliphatic rings. The predicted molar refractivity (Wildman–Crippen MR) is 96.8 cm³/mol. The van der Waals surface area contributed by atoms with Crippen LogP contribution in [0.4, 0.5) is 0 Å². The molecule has 2 aromatic carbocycles. The highest BCUT2D eigenvalue weighted by Crippen LogP contribution is 2.59. The van der Waals surface area contributed by atoms with Crippen molar-refractivity contribution in [3.05, 3.63) is 71.3 Å². The fraction of sp³-hybridized carbons (Fsp3) is 0.333. The van der Waals surface area contributed by atoms with Gasteiger partial charge in [0.15, 0.2) is 11.5 Å². The van der Waals surface area contributed by atoms with Crippen LogP contribution in [0.3, 0.4) is 0 Å². The summed E-state index contributed by atoms with van der Waals surface area (Å²) in [6.45, 7) is 1.09. The van der Waals surface area contributed by atoms with E-state index in [1.54, 1.807) is 18.2 Å². The molecule has 2 aromatic rings. The lowest BCUT2D eigenvalue weighted by molar-refractivity contribution is -0.857. The van der Waals surface area contributed by atoms with Gasteiger partial charge < -0.3 is 27.3 Å². The van der Waals surface area contributed by atoms with Gasteiger partial charge in [0.25, 0.3) is 0 Å². The second-order valence-electron chi connectivity index (χ2n) is 7.50. The minimum Gasteiger partial charge on any atom is -1.00 e. The van der Waals surface area contributed by atoms with Gasteiger partial charge in [-0.3, -0.25) is 9.59 Å². The first-order valence-electron chi connectivity index (χ1n) is 8.94. The molecular weight excluding hydrogens is 364 g/mol. The first-order chi connectivity index (χ1) is 12.4. The van der Waals surface area contributed by atoms with Gasteiger partial charge in [0.05, 0.1) is 27.2 Å². The number of hydrogen-bond acceptors (Lipinski definition) is 3. The summed E-state index contributed by atoms with van der Waals surface area (Å²) in [5.74, 6) is -0.352. The number of aliphatic hydroxyl groups is 1. The Morgan fingerprint density at radius 1 is 1.04 bits per heavy atom. The quantitative estimate of drug-likeness (QED) is 0.603. The first-order valence-corrected chi connectivity index (χ1v) is 8.94. The summed E-state index contributed by atoms with van der Waals surface area (Å²) in [5, 5.41) is 12.0. The molecule has 142 valence electrons. The Morgan fingerprint density at radius 2 is 1.67 bits per heavy atom. The highest BCUT2D eigenvalue weighted by Gasteiger charge is 2.72. The number of fused-ring (bicyclic) bond motifs is 3. The molecule has 1 heterocycles. The third-order valence-corrected chi connectivity index (χ3v) is 5.74. The third kappa shape index (κ3) is 2.46. The number of likely N-dealkylation sites (N-methyl/N-ethyl adjacent to an activating group) is 1. The van der Waals surface area contributed by atoms with E-state index in [1.165, 1.54) is 9.80 Å². The molecule has 4 rings (SSSR count). The Hall–Kier alpha value is -2.21. The molecule has 0 bridgehead atoms. The molecule has 1 amide bonds. The zero-order chi connectivity index (χ0) is 18.5. The number of nitrogens with zero attached hydrogens (tertiary/aromatic N) is 1. The molecule has 2 unspecified atom stereocenters. The van der Waals surface area contributed by atoms with Gasteiger partial charge >= 0.3 is 0 Å². The van der Waals surface area contributed by atoms with Crippen molar-refractivity contribution in [1.29, 1.82) is 0 Å². The lowest BCUT2D eigenvalue weighted by Gasteiger charge is -2.40. The number of halogens is 1. The van der Waals surface area contributed by atoms with Crippen molar-refractivity contribution in [2.24, 2.45) is 0 Å². The van der Waals surface area contributed by atoms with E-state index in [1.807, 2.05) is 50.5 Å². The Kier molecular flexibility index (Phi) is 4.89. The van der Waals surface area contributed by atoms with E-state index >= 15 is 0 Å². The summed E-state index contributed by atoms with van der Waals surface area (Å²) in [5.41, 5.74) is -1.19. The molecule has 0 saturated carbocycles. The van der Waals surface area contributed by atoms with Gasteiger partial charge in [0, 0.05) is 17.5 Å². The maximum absolute atomic E-state index is 13.5. The van der Waals surface area contributed by atoms with Crippen LogP contribution in [0.1, 0.15) is 27.9 Å². The lowest BCUT2D eigenvalue weighted by atomic mass is 9.71. The normalized spacial score (nSPS) is 26.1. The summed E-state index contributed by atoms with van der Waals surface area (Å²) in [4.78, 5) is 29.1. The van der Waals surface area contributed by atoms with Gasteiger partial charge in [-0.25, -0.2) is 0 Å². The number of carbonyl (C=O) groups excluding carboxylic acids is 2. The van der Waals surface area contributed by atoms with Gasteiger partial charge in [-0.05, 0) is 5.56 Å². The maximum atomic E-state index is 13.5. The molecule has 2 N–H and O–H groups in total. The fourth-order valence-electron chi connectivity index (χ4n) is 4.46. The van der Waals surface area contributed by atoms with Crippen molar-refractivity contribution >= 4 is 11.7 Å². The molecule has 5 nitrogen and oxygen atoms in total. The number of benzene rings is 2. The van der Waals surface area contributed by atoms with Gasteiger partial charge in [0.2, 0.25) is 5.91 Å². The van der Waals surface area contributed by atoms with Crippen molar-refractivity contribution in [2.75, 3.05) is 27.2 Å². The van der Waals surface area contributed by atoms with Crippen LogP contribution in [-0.2, 0) is 15.9 Å². The number of Topliss-reactive ketones (excluding diaryl/α,β-unsaturated/α-hetero) is 1. The maximum Gasteiger partial charge on any atom is 0.226 e.